The molecule has 0 bridgehead atoms. The molecule has 0 unspecified atom stereocenters. The van der Waals surface area contributed by atoms with Crippen LogP contribution in [0.25, 0.3) is 0 Å². The van der Waals surface area contributed by atoms with Crippen molar-refractivity contribution in [1.82, 2.24) is 20.2 Å². The first-order chi connectivity index (χ1) is 5.84. The summed E-state index contributed by atoms with van der Waals surface area (Å²) >= 11 is 0. The van der Waals surface area contributed by atoms with Crippen LogP contribution in [0.3, 0.4) is 0 Å². The smallest absolute Gasteiger partial charge is 0.240 e. The summed E-state index contributed by atoms with van der Waals surface area (Å²) in [6.45, 7) is 3.02. The molecular formula is C7H15N5. The van der Waals surface area contributed by atoms with Gasteiger partial charge in [0, 0.05) is 6.54 Å². The van der Waals surface area contributed by atoms with Gasteiger partial charge < -0.3 is 5.73 Å². The van der Waals surface area contributed by atoms with Gasteiger partial charge in [0.2, 0.25) is 5.95 Å². The first kappa shape index (κ1) is 8.96. The molecule has 0 amide bonds. The molecule has 68 valence electrons. The predicted molar refractivity (Wildman–Crippen MR) is 46.4 cm³/mol. The average Bonchev–Trinajstić information content (AvgIpc) is 2.46. The first-order valence-corrected chi connectivity index (χ1v) is 4.36. The molecule has 0 spiro atoms. The predicted octanol–water partition coefficient (Wildman–Crippen LogP) is 0.836. The maximum Gasteiger partial charge on any atom is 0.240 e. The maximum atomic E-state index is 5.48. The van der Waals surface area contributed by atoms with Gasteiger partial charge in [-0.3, -0.25) is 0 Å². The van der Waals surface area contributed by atoms with E-state index < -0.39 is 0 Å². The molecule has 0 aliphatic heterocycles. The van der Waals surface area contributed by atoms with E-state index in [4.69, 9.17) is 5.73 Å². The third-order valence-corrected chi connectivity index (χ3v) is 1.78. The normalized spacial score (nSPS) is 10.4. The van der Waals surface area contributed by atoms with Crippen LogP contribution in [0.5, 0.6) is 0 Å². The zero-order valence-corrected chi connectivity index (χ0v) is 7.40. The molecule has 1 heterocycles. The molecule has 0 aliphatic rings. The first-order valence-electron chi connectivity index (χ1n) is 4.36. The molecule has 12 heavy (non-hydrogen) atoms. The van der Waals surface area contributed by atoms with E-state index in [9.17, 15) is 0 Å². The van der Waals surface area contributed by atoms with Gasteiger partial charge in [-0.15, -0.1) is 0 Å². The van der Waals surface area contributed by atoms with Crippen LogP contribution in [0.15, 0.2) is 0 Å². The minimum atomic E-state index is 0.409. The number of nitrogens with two attached hydrogens (primary N) is 1. The lowest BCUT2D eigenvalue weighted by atomic mass is 10.2. The average molecular weight is 169 g/mol. The van der Waals surface area contributed by atoms with Crippen molar-refractivity contribution in [2.75, 3.05) is 5.73 Å². The Labute approximate surface area is 71.9 Å². The van der Waals surface area contributed by atoms with Crippen molar-refractivity contribution in [3.05, 3.63) is 0 Å². The topological polar surface area (TPSA) is 69.6 Å². The number of nitrogen functional groups attached to an aromatic ring is 1. The number of aromatic nitrogens is 4. The molecule has 1 aromatic heterocycles. The Morgan fingerprint density at radius 3 is 2.75 bits per heavy atom. The van der Waals surface area contributed by atoms with Gasteiger partial charge in [-0.2, -0.15) is 0 Å². The number of anilines is 1. The summed E-state index contributed by atoms with van der Waals surface area (Å²) in [5, 5.41) is 10.8. The molecule has 5 heteroatoms. The van der Waals surface area contributed by atoms with E-state index in [0.29, 0.717) is 5.95 Å². The monoisotopic (exact) mass is 169 g/mol. The second kappa shape index (κ2) is 4.69. The highest BCUT2D eigenvalue weighted by Gasteiger charge is 1.98. The van der Waals surface area contributed by atoms with Gasteiger partial charge >= 0.3 is 0 Å². The fourth-order valence-electron chi connectivity index (χ4n) is 1.06. The summed E-state index contributed by atoms with van der Waals surface area (Å²) < 4.78 is 1.63. The van der Waals surface area contributed by atoms with Crippen LogP contribution in [0.2, 0.25) is 0 Å². The Balaban J connectivity index is 2.20. The molecule has 0 saturated heterocycles. The Bertz CT molecular complexity index is 219. The van der Waals surface area contributed by atoms with Gasteiger partial charge in [-0.1, -0.05) is 31.3 Å². The van der Waals surface area contributed by atoms with Crippen LogP contribution < -0.4 is 5.73 Å². The highest BCUT2D eigenvalue weighted by atomic mass is 15.6. The van der Waals surface area contributed by atoms with Gasteiger partial charge in [-0.05, 0) is 16.8 Å². The van der Waals surface area contributed by atoms with Gasteiger partial charge in [0.1, 0.15) is 0 Å². The maximum absolute atomic E-state index is 5.48. The molecule has 0 atom stereocenters. The fourth-order valence-corrected chi connectivity index (χ4v) is 1.06. The quantitative estimate of drug-likeness (QED) is 0.663. The second-order valence-corrected chi connectivity index (χ2v) is 2.82. The van der Waals surface area contributed by atoms with Gasteiger partial charge in [0.15, 0.2) is 0 Å². The summed E-state index contributed by atoms with van der Waals surface area (Å²) in [5.74, 6) is 0.409. The van der Waals surface area contributed by atoms with E-state index in [-0.39, 0.29) is 0 Å². The minimum absolute atomic E-state index is 0.409. The third kappa shape index (κ3) is 2.48. The van der Waals surface area contributed by atoms with Crippen molar-refractivity contribution in [2.24, 2.45) is 0 Å². The molecule has 1 aromatic rings. The molecule has 2 N–H and O–H groups in total. The van der Waals surface area contributed by atoms with Crippen molar-refractivity contribution in [1.29, 1.82) is 0 Å². The van der Waals surface area contributed by atoms with Crippen molar-refractivity contribution >= 4 is 5.95 Å². The fraction of sp³-hybridized carbons (Fsp3) is 0.857. The SMILES string of the molecule is CCCCCCn1nnnc1N. The lowest BCUT2D eigenvalue weighted by Gasteiger charge is -1.99. The Morgan fingerprint density at radius 1 is 1.33 bits per heavy atom. The van der Waals surface area contributed by atoms with Gasteiger partial charge in [-0.25, -0.2) is 4.68 Å². The summed E-state index contributed by atoms with van der Waals surface area (Å²) in [7, 11) is 0. The number of tetrazole rings is 1. The molecule has 0 aliphatic carbocycles. The molecule has 5 nitrogen and oxygen atoms in total. The van der Waals surface area contributed by atoms with E-state index >= 15 is 0 Å². The molecule has 0 saturated carbocycles. The summed E-state index contributed by atoms with van der Waals surface area (Å²) in [6.07, 6.45) is 4.83. The van der Waals surface area contributed by atoms with Gasteiger partial charge in [0.25, 0.3) is 0 Å². The van der Waals surface area contributed by atoms with Crippen LogP contribution in [0.4, 0.5) is 5.95 Å². The van der Waals surface area contributed by atoms with Crippen molar-refractivity contribution < 1.29 is 0 Å². The highest BCUT2D eigenvalue weighted by Crippen LogP contribution is 2.02. The van der Waals surface area contributed by atoms with Crippen LogP contribution in [-0.4, -0.2) is 20.2 Å². The van der Waals surface area contributed by atoms with Crippen LogP contribution in [0, 0.1) is 0 Å². The zero-order valence-electron chi connectivity index (χ0n) is 7.40. The summed E-state index contributed by atoms with van der Waals surface area (Å²) in [6, 6.07) is 0. The molecule has 0 radical (unpaired) electrons. The van der Waals surface area contributed by atoms with Crippen LogP contribution in [0.1, 0.15) is 32.6 Å². The third-order valence-electron chi connectivity index (χ3n) is 1.78. The van der Waals surface area contributed by atoms with Crippen LogP contribution >= 0.6 is 0 Å². The Morgan fingerprint density at radius 2 is 2.17 bits per heavy atom. The number of hydrogen-bond donors (Lipinski definition) is 1. The minimum Gasteiger partial charge on any atom is -0.367 e. The Kier molecular flexibility index (Phi) is 3.50. The number of aryl methyl sites for hydroxylation is 1. The van der Waals surface area contributed by atoms with Gasteiger partial charge in [0.05, 0.1) is 0 Å². The summed E-state index contributed by atoms with van der Waals surface area (Å²) in [4.78, 5) is 0. The second-order valence-electron chi connectivity index (χ2n) is 2.82. The summed E-state index contributed by atoms with van der Waals surface area (Å²) in [5.41, 5.74) is 5.48. The lowest BCUT2D eigenvalue weighted by molar-refractivity contribution is 0.532. The molecular weight excluding hydrogens is 154 g/mol. The van der Waals surface area contributed by atoms with Crippen molar-refractivity contribution in [3.63, 3.8) is 0 Å². The van der Waals surface area contributed by atoms with Crippen molar-refractivity contribution in [2.45, 2.75) is 39.2 Å². The standard InChI is InChI=1S/C7H15N5/c1-2-3-4-5-6-12-7(8)9-10-11-12/h2-6H2,1H3,(H2,8,9,11). The van der Waals surface area contributed by atoms with Crippen molar-refractivity contribution in [3.8, 4) is 0 Å². The number of unbranched alkanes of at least 4 members (excludes halogenated alkanes) is 3. The molecule has 1 rings (SSSR count). The highest BCUT2D eigenvalue weighted by molar-refractivity contribution is 5.09. The molecule has 0 aromatic carbocycles. The van der Waals surface area contributed by atoms with Crippen LogP contribution in [-0.2, 0) is 6.54 Å². The molecule has 0 fully saturated rings. The van der Waals surface area contributed by atoms with E-state index in [1.165, 1.54) is 19.3 Å². The lowest BCUT2D eigenvalue weighted by Crippen LogP contribution is -2.05. The van der Waals surface area contributed by atoms with E-state index in [1.54, 1.807) is 4.68 Å². The number of rotatable bonds is 5. The van der Waals surface area contributed by atoms with E-state index in [1.807, 2.05) is 0 Å². The zero-order chi connectivity index (χ0) is 8.81. The van der Waals surface area contributed by atoms with E-state index in [0.717, 1.165) is 13.0 Å². The number of hydrogen-bond acceptors (Lipinski definition) is 4. The van der Waals surface area contributed by atoms with E-state index in [2.05, 4.69) is 22.4 Å². The Hall–Kier alpha value is -1.13. The number of nitrogens with zero attached hydrogens (tertiary/aromatic N) is 4. The largest absolute Gasteiger partial charge is 0.367 e.